The van der Waals surface area contributed by atoms with E-state index in [0.717, 1.165) is 25.4 Å². The van der Waals surface area contributed by atoms with E-state index in [1.165, 1.54) is 11.1 Å². The Labute approximate surface area is 127 Å². The molecular formula is C16H27N3O2. The maximum absolute atomic E-state index is 11.6. The Morgan fingerprint density at radius 3 is 2.48 bits per heavy atom. The summed E-state index contributed by atoms with van der Waals surface area (Å²) in [6, 6.07) is 5.68. The fourth-order valence-electron chi connectivity index (χ4n) is 1.92. The number of benzene rings is 1. The first kappa shape index (κ1) is 17.3. The van der Waals surface area contributed by atoms with Crippen LogP contribution in [0.3, 0.4) is 0 Å². The fourth-order valence-corrected chi connectivity index (χ4v) is 1.92. The van der Waals surface area contributed by atoms with Gasteiger partial charge in [-0.3, -0.25) is 0 Å². The largest absolute Gasteiger partial charge is 0.473 e. The lowest BCUT2D eigenvalue weighted by Gasteiger charge is -2.18. The lowest BCUT2D eigenvalue weighted by atomic mass is 10.1. The highest BCUT2D eigenvalue weighted by atomic mass is 16.5. The molecule has 0 radical (unpaired) electrons. The zero-order chi connectivity index (χ0) is 15.7. The van der Waals surface area contributed by atoms with Crippen LogP contribution in [0.2, 0.25) is 0 Å². The van der Waals surface area contributed by atoms with Gasteiger partial charge in [-0.05, 0) is 50.2 Å². The van der Waals surface area contributed by atoms with Gasteiger partial charge in [-0.15, -0.1) is 0 Å². The SMILES string of the molecule is CCN(CC)CCNC(=O)NCOc1ccc(C)c(C)c1. The molecule has 0 aromatic heterocycles. The lowest BCUT2D eigenvalue weighted by Crippen LogP contribution is -2.41. The average Bonchev–Trinajstić information content (AvgIpc) is 2.47. The first-order valence-corrected chi connectivity index (χ1v) is 7.50. The average molecular weight is 293 g/mol. The highest BCUT2D eigenvalue weighted by Gasteiger charge is 2.02. The number of aryl methyl sites for hydroxylation is 2. The summed E-state index contributed by atoms with van der Waals surface area (Å²) < 4.78 is 5.50. The number of carbonyl (C=O) groups excluding carboxylic acids is 1. The Morgan fingerprint density at radius 2 is 1.86 bits per heavy atom. The predicted octanol–water partition coefficient (Wildman–Crippen LogP) is 2.28. The molecule has 1 aromatic rings. The van der Waals surface area contributed by atoms with Crippen LogP contribution in [0.4, 0.5) is 4.79 Å². The first-order chi connectivity index (χ1) is 10.1. The van der Waals surface area contributed by atoms with Crippen molar-refractivity contribution in [2.75, 3.05) is 32.9 Å². The van der Waals surface area contributed by atoms with Gasteiger partial charge in [0.25, 0.3) is 0 Å². The molecule has 0 bridgehead atoms. The van der Waals surface area contributed by atoms with Crippen LogP contribution in [0.5, 0.6) is 5.75 Å². The van der Waals surface area contributed by atoms with Crippen LogP contribution in [0, 0.1) is 13.8 Å². The maximum Gasteiger partial charge on any atom is 0.317 e. The van der Waals surface area contributed by atoms with E-state index in [2.05, 4.69) is 36.3 Å². The van der Waals surface area contributed by atoms with Crippen LogP contribution >= 0.6 is 0 Å². The van der Waals surface area contributed by atoms with E-state index in [4.69, 9.17) is 4.74 Å². The molecule has 118 valence electrons. The molecule has 0 saturated heterocycles. The molecule has 0 unspecified atom stereocenters. The molecule has 21 heavy (non-hydrogen) atoms. The lowest BCUT2D eigenvalue weighted by molar-refractivity contribution is 0.221. The van der Waals surface area contributed by atoms with Crippen molar-refractivity contribution in [2.24, 2.45) is 0 Å². The fraction of sp³-hybridized carbons (Fsp3) is 0.562. The highest BCUT2D eigenvalue weighted by molar-refractivity contribution is 5.73. The number of amides is 2. The van der Waals surface area contributed by atoms with Gasteiger partial charge in [0.2, 0.25) is 0 Å². The number of carbonyl (C=O) groups is 1. The van der Waals surface area contributed by atoms with Crippen LogP contribution in [0.1, 0.15) is 25.0 Å². The van der Waals surface area contributed by atoms with Gasteiger partial charge in [-0.1, -0.05) is 19.9 Å². The van der Waals surface area contributed by atoms with Crippen molar-refractivity contribution >= 4 is 6.03 Å². The minimum atomic E-state index is -0.203. The summed E-state index contributed by atoms with van der Waals surface area (Å²) >= 11 is 0. The van der Waals surface area contributed by atoms with Gasteiger partial charge in [0.05, 0.1) is 0 Å². The molecule has 0 heterocycles. The number of ether oxygens (including phenoxy) is 1. The maximum atomic E-state index is 11.6. The normalized spacial score (nSPS) is 10.5. The van der Waals surface area contributed by atoms with E-state index >= 15 is 0 Å². The summed E-state index contributed by atoms with van der Waals surface area (Å²) in [6.07, 6.45) is 0. The van der Waals surface area contributed by atoms with Gasteiger partial charge in [-0.25, -0.2) is 4.79 Å². The number of rotatable bonds is 8. The summed E-state index contributed by atoms with van der Waals surface area (Å²) in [4.78, 5) is 13.8. The summed E-state index contributed by atoms with van der Waals surface area (Å²) in [5.74, 6) is 0.765. The Morgan fingerprint density at radius 1 is 1.14 bits per heavy atom. The van der Waals surface area contributed by atoms with Crippen LogP contribution in [0.25, 0.3) is 0 Å². The van der Waals surface area contributed by atoms with Gasteiger partial charge >= 0.3 is 6.03 Å². The summed E-state index contributed by atoms with van der Waals surface area (Å²) in [6.45, 7) is 12.0. The first-order valence-electron chi connectivity index (χ1n) is 7.50. The number of hydrogen-bond acceptors (Lipinski definition) is 3. The zero-order valence-corrected chi connectivity index (χ0v) is 13.5. The van der Waals surface area contributed by atoms with Crippen molar-refractivity contribution in [3.8, 4) is 5.75 Å². The molecule has 2 N–H and O–H groups in total. The highest BCUT2D eigenvalue weighted by Crippen LogP contribution is 2.15. The van der Waals surface area contributed by atoms with E-state index in [-0.39, 0.29) is 12.8 Å². The molecule has 5 heteroatoms. The van der Waals surface area contributed by atoms with Crippen molar-refractivity contribution in [1.29, 1.82) is 0 Å². The molecule has 1 aromatic carbocycles. The second-order valence-electron chi connectivity index (χ2n) is 4.99. The Kier molecular flexibility index (Phi) is 7.61. The molecule has 0 spiro atoms. The number of urea groups is 1. The van der Waals surface area contributed by atoms with Gasteiger partial charge in [-0.2, -0.15) is 0 Å². The third-order valence-electron chi connectivity index (χ3n) is 3.56. The molecule has 0 aliphatic carbocycles. The van der Waals surface area contributed by atoms with Gasteiger partial charge in [0.1, 0.15) is 5.75 Å². The minimum absolute atomic E-state index is 0.166. The number of hydrogen-bond donors (Lipinski definition) is 2. The Hall–Kier alpha value is -1.75. The van der Waals surface area contributed by atoms with E-state index < -0.39 is 0 Å². The summed E-state index contributed by atoms with van der Waals surface area (Å²) in [5.41, 5.74) is 2.40. The molecule has 0 aliphatic rings. The minimum Gasteiger partial charge on any atom is -0.473 e. The van der Waals surface area contributed by atoms with Crippen molar-refractivity contribution in [3.05, 3.63) is 29.3 Å². The van der Waals surface area contributed by atoms with Crippen LogP contribution in [-0.2, 0) is 0 Å². The van der Waals surface area contributed by atoms with Crippen molar-refractivity contribution in [1.82, 2.24) is 15.5 Å². The van der Waals surface area contributed by atoms with E-state index in [1.807, 2.05) is 25.1 Å². The van der Waals surface area contributed by atoms with Crippen molar-refractivity contribution in [2.45, 2.75) is 27.7 Å². The van der Waals surface area contributed by atoms with Crippen LogP contribution in [-0.4, -0.2) is 43.8 Å². The monoisotopic (exact) mass is 293 g/mol. The van der Waals surface area contributed by atoms with Crippen LogP contribution in [0.15, 0.2) is 18.2 Å². The standard InChI is InChI=1S/C16H27N3O2/c1-5-19(6-2)10-9-17-16(20)18-12-21-15-8-7-13(3)14(4)11-15/h7-8,11H,5-6,9-10,12H2,1-4H3,(H2,17,18,20). The summed E-state index contributed by atoms with van der Waals surface area (Å²) in [7, 11) is 0. The third kappa shape index (κ3) is 6.49. The number of likely N-dealkylation sites (N-methyl/N-ethyl adjacent to an activating group) is 1. The van der Waals surface area contributed by atoms with Crippen molar-refractivity contribution < 1.29 is 9.53 Å². The molecule has 0 fully saturated rings. The second-order valence-corrected chi connectivity index (χ2v) is 4.99. The molecule has 1 rings (SSSR count). The van der Waals surface area contributed by atoms with E-state index in [9.17, 15) is 4.79 Å². The molecule has 5 nitrogen and oxygen atoms in total. The second kappa shape index (κ2) is 9.23. The topological polar surface area (TPSA) is 53.6 Å². The smallest absolute Gasteiger partial charge is 0.317 e. The number of nitrogens with one attached hydrogen (secondary N) is 2. The molecule has 2 amide bonds. The van der Waals surface area contributed by atoms with E-state index in [1.54, 1.807) is 0 Å². The Bertz CT molecular complexity index is 445. The third-order valence-corrected chi connectivity index (χ3v) is 3.56. The summed E-state index contributed by atoms with van der Waals surface area (Å²) in [5, 5.41) is 5.50. The molecule has 0 aliphatic heterocycles. The van der Waals surface area contributed by atoms with Gasteiger partial charge in [0.15, 0.2) is 6.73 Å². The quantitative estimate of drug-likeness (QED) is 0.723. The zero-order valence-electron chi connectivity index (χ0n) is 13.5. The molecular weight excluding hydrogens is 266 g/mol. The molecule has 0 atom stereocenters. The van der Waals surface area contributed by atoms with E-state index in [0.29, 0.717) is 6.54 Å². The number of nitrogens with zero attached hydrogens (tertiary/aromatic N) is 1. The van der Waals surface area contributed by atoms with Crippen molar-refractivity contribution in [3.63, 3.8) is 0 Å². The Balaban J connectivity index is 2.19. The van der Waals surface area contributed by atoms with Gasteiger partial charge < -0.3 is 20.3 Å². The van der Waals surface area contributed by atoms with Crippen LogP contribution < -0.4 is 15.4 Å². The van der Waals surface area contributed by atoms with Gasteiger partial charge in [0, 0.05) is 13.1 Å². The predicted molar refractivity (Wildman–Crippen MR) is 85.7 cm³/mol. The molecule has 0 saturated carbocycles.